The van der Waals surface area contributed by atoms with Gasteiger partial charge in [-0.3, -0.25) is 4.79 Å². The van der Waals surface area contributed by atoms with Crippen LogP contribution in [0, 0.1) is 20.8 Å². The van der Waals surface area contributed by atoms with Crippen molar-refractivity contribution in [2.24, 2.45) is 5.92 Å². The average Bonchev–Trinajstić information content (AvgIpc) is 2.66. The third kappa shape index (κ3) is 5.86. The predicted molar refractivity (Wildman–Crippen MR) is 112 cm³/mol. The predicted octanol–water partition coefficient (Wildman–Crippen LogP) is 3.37. The van der Waals surface area contributed by atoms with Crippen molar-refractivity contribution in [2.75, 3.05) is 13.7 Å². The van der Waals surface area contributed by atoms with Crippen LogP contribution < -0.4 is 14.8 Å². The molecule has 7 nitrogen and oxygen atoms in total. The Balaban J connectivity index is 2.23. The maximum Gasteiger partial charge on any atom is 0.341 e. The van der Waals surface area contributed by atoms with Crippen LogP contribution >= 0.6 is 22.6 Å². The van der Waals surface area contributed by atoms with Gasteiger partial charge in [-0.25, -0.2) is 4.79 Å². The van der Waals surface area contributed by atoms with Crippen LogP contribution in [0.1, 0.15) is 38.2 Å². The Hall–Kier alpha value is -2.28. The summed E-state index contributed by atoms with van der Waals surface area (Å²) in [4.78, 5) is 23.3. The van der Waals surface area contributed by atoms with Crippen LogP contribution in [0.25, 0.3) is 6.08 Å². The summed E-state index contributed by atoms with van der Waals surface area (Å²) in [6, 6.07) is 5.35. The molecule has 0 unspecified atom stereocenters. The van der Waals surface area contributed by atoms with E-state index in [0.29, 0.717) is 26.6 Å². The van der Waals surface area contributed by atoms with Crippen molar-refractivity contribution in [1.29, 1.82) is 5.26 Å². The first-order valence-corrected chi connectivity index (χ1v) is 10.1. The van der Waals surface area contributed by atoms with Gasteiger partial charge in [-0.2, -0.15) is 5.26 Å². The second-order valence-corrected chi connectivity index (χ2v) is 7.89. The second kappa shape index (κ2) is 10.3. The number of ether oxygens (including phenoxy) is 2. The van der Waals surface area contributed by atoms with E-state index in [1.807, 2.05) is 28.7 Å². The van der Waals surface area contributed by atoms with Gasteiger partial charge in [-0.15, -0.1) is 0 Å². The van der Waals surface area contributed by atoms with Gasteiger partial charge < -0.3 is 19.9 Å². The summed E-state index contributed by atoms with van der Waals surface area (Å²) in [5.74, 6) is -0.451. The fourth-order valence-corrected chi connectivity index (χ4v) is 3.97. The quantitative estimate of drug-likeness (QED) is 0.339. The van der Waals surface area contributed by atoms with Crippen LogP contribution in [0.4, 0.5) is 0 Å². The smallest absolute Gasteiger partial charge is 0.341 e. The minimum Gasteiger partial charge on any atom is -0.493 e. The summed E-state index contributed by atoms with van der Waals surface area (Å²) in [7, 11) is 1.44. The third-order valence-electron chi connectivity index (χ3n) is 4.70. The van der Waals surface area contributed by atoms with Crippen molar-refractivity contribution < 1.29 is 24.2 Å². The number of methoxy groups -OCH3 is 1. The monoisotopic (exact) mass is 498 g/mol. The van der Waals surface area contributed by atoms with Gasteiger partial charge in [0.2, 0.25) is 0 Å². The van der Waals surface area contributed by atoms with E-state index in [1.54, 1.807) is 12.1 Å². The van der Waals surface area contributed by atoms with Gasteiger partial charge in [0.15, 0.2) is 18.1 Å². The molecule has 2 atom stereocenters. The van der Waals surface area contributed by atoms with Crippen molar-refractivity contribution >= 4 is 40.5 Å². The van der Waals surface area contributed by atoms with Gasteiger partial charge in [0.05, 0.1) is 10.7 Å². The minimum absolute atomic E-state index is 0.00910. The number of carbonyl (C=O) groups excluding carboxylic acids is 1. The molecule has 150 valence electrons. The Morgan fingerprint density at radius 1 is 1.39 bits per heavy atom. The van der Waals surface area contributed by atoms with E-state index in [-0.39, 0.29) is 17.5 Å². The number of aliphatic carboxylic acids is 1. The first kappa shape index (κ1) is 22.0. The second-order valence-electron chi connectivity index (χ2n) is 6.73. The molecule has 0 bridgehead atoms. The van der Waals surface area contributed by atoms with Gasteiger partial charge in [0, 0.05) is 6.04 Å². The molecule has 28 heavy (non-hydrogen) atoms. The number of benzene rings is 1. The van der Waals surface area contributed by atoms with E-state index >= 15 is 0 Å². The maximum atomic E-state index is 12.6. The van der Waals surface area contributed by atoms with E-state index in [2.05, 4.69) is 12.2 Å². The molecule has 1 aliphatic carbocycles. The SMILES string of the molecule is COc1cc(/C=C(\C#N)C(=O)N[C@@H]2CCCC[C@@H]2C)cc(I)c1OCC(=O)O. The fraction of sp³-hybridized carbons (Fsp3) is 0.450. The highest BCUT2D eigenvalue weighted by Gasteiger charge is 2.24. The number of rotatable bonds is 7. The van der Waals surface area contributed by atoms with Gasteiger partial charge >= 0.3 is 5.97 Å². The summed E-state index contributed by atoms with van der Waals surface area (Å²) in [6.07, 6.45) is 5.74. The number of hydrogen-bond acceptors (Lipinski definition) is 5. The summed E-state index contributed by atoms with van der Waals surface area (Å²) < 4.78 is 11.2. The summed E-state index contributed by atoms with van der Waals surface area (Å²) in [5.41, 5.74) is 0.599. The standard InChI is InChI=1S/C20H23IN2O5/c1-12-5-3-4-6-16(12)23-20(26)14(10-22)7-13-8-15(21)19(17(9-13)27-2)28-11-18(24)25/h7-9,12,16H,3-6,11H2,1-2H3,(H,23,26)(H,24,25)/b14-7+/t12-,16+/m0/s1. The molecule has 1 saturated carbocycles. The van der Waals surface area contributed by atoms with Crippen LogP contribution in [0.2, 0.25) is 0 Å². The van der Waals surface area contributed by atoms with E-state index in [4.69, 9.17) is 14.6 Å². The van der Waals surface area contributed by atoms with E-state index in [1.165, 1.54) is 19.6 Å². The van der Waals surface area contributed by atoms with Crippen LogP contribution in [0.3, 0.4) is 0 Å². The Kier molecular flexibility index (Phi) is 8.11. The van der Waals surface area contributed by atoms with Crippen LogP contribution in [-0.4, -0.2) is 36.7 Å². The Morgan fingerprint density at radius 3 is 2.71 bits per heavy atom. The Bertz CT molecular complexity index is 816. The molecule has 0 saturated heterocycles. The van der Waals surface area contributed by atoms with E-state index in [0.717, 1.165) is 19.3 Å². The van der Waals surface area contributed by atoms with E-state index < -0.39 is 12.6 Å². The Labute approximate surface area is 177 Å². The largest absolute Gasteiger partial charge is 0.493 e. The molecule has 0 radical (unpaired) electrons. The van der Waals surface area contributed by atoms with Crippen LogP contribution in [0.15, 0.2) is 17.7 Å². The highest BCUT2D eigenvalue weighted by molar-refractivity contribution is 14.1. The van der Waals surface area contributed by atoms with Crippen molar-refractivity contribution in [3.8, 4) is 17.6 Å². The zero-order valence-electron chi connectivity index (χ0n) is 15.8. The summed E-state index contributed by atoms with van der Waals surface area (Å²) >= 11 is 1.99. The van der Waals surface area contributed by atoms with Crippen LogP contribution in [-0.2, 0) is 9.59 Å². The number of carboxylic acids is 1. The zero-order valence-corrected chi connectivity index (χ0v) is 18.0. The van der Waals surface area contributed by atoms with Crippen molar-refractivity contribution in [3.05, 3.63) is 26.8 Å². The lowest BCUT2D eigenvalue weighted by Crippen LogP contribution is -2.41. The molecule has 1 amide bonds. The number of nitrogens with one attached hydrogen (secondary N) is 1. The topological polar surface area (TPSA) is 109 Å². The lowest BCUT2D eigenvalue weighted by Gasteiger charge is -2.29. The number of carboxylic acid groups (broad SMARTS) is 1. The van der Waals surface area contributed by atoms with Crippen molar-refractivity contribution in [3.63, 3.8) is 0 Å². The number of amides is 1. The number of carbonyl (C=O) groups is 2. The Morgan fingerprint density at radius 2 is 2.11 bits per heavy atom. The zero-order chi connectivity index (χ0) is 20.7. The first-order chi connectivity index (χ1) is 13.3. The minimum atomic E-state index is -1.10. The molecule has 8 heteroatoms. The molecule has 2 rings (SSSR count). The highest BCUT2D eigenvalue weighted by atomic mass is 127. The number of halogens is 1. The molecule has 1 aliphatic rings. The number of hydrogen-bond donors (Lipinski definition) is 2. The molecule has 1 aromatic carbocycles. The molecule has 0 heterocycles. The van der Waals surface area contributed by atoms with E-state index in [9.17, 15) is 14.9 Å². The number of nitriles is 1. The first-order valence-electron chi connectivity index (χ1n) is 9.00. The van der Waals surface area contributed by atoms with Crippen molar-refractivity contribution in [2.45, 2.75) is 38.6 Å². The summed E-state index contributed by atoms with van der Waals surface area (Å²) in [5, 5.41) is 21.2. The molecular weight excluding hydrogens is 475 g/mol. The molecule has 1 fully saturated rings. The molecule has 0 spiro atoms. The van der Waals surface area contributed by atoms with Gasteiger partial charge in [-0.05, 0) is 65.1 Å². The van der Waals surface area contributed by atoms with Crippen molar-refractivity contribution in [1.82, 2.24) is 5.32 Å². The third-order valence-corrected chi connectivity index (χ3v) is 5.50. The van der Waals surface area contributed by atoms with Gasteiger partial charge in [0.25, 0.3) is 5.91 Å². The number of nitrogens with zero attached hydrogens (tertiary/aromatic N) is 1. The fourth-order valence-electron chi connectivity index (χ4n) is 3.19. The molecule has 0 aromatic heterocycles. The highest BCUT2D eigenvalue weighted by Crippen LogP contribution is 2.34. The lowest BCUT2D eigenvalue weighted by molar-refractivity contribution is -0.139. The molecule has 1 aromatic rings. The molecule has 2 N–H and O–H groups in total. The van der Waals surface area contributed by atoms with Crippen LogP contribution in [0.5, 0.6) is 11.5 Å². The molecular formula is C20H23IN2O5. The lowest BCUT2D eigenvalue weighted by atomic mass is 9.86. The maximum absolute atomic E-state index is 12.6. The molecule has 0 aliphatic heterocycles. The van der Waals surface area contributed by atoms with Gasteiger partial charge in [-0.1, -0.05) is 19.8 Å². The average molecular weight is 498 g/mol. The van der Waals surface area contributed by atoms with Gasteiger partial charge in [0.1, 0.15) is 11.6 Å². The normalized spacial score (nSPS) is 19.4. The summed E-state index contributed by atoms with van der Waals surface area (Å²) in [6.45, 7) is 1.62.